The van der Waals surface area contributed by atoms with Gasteiger partial charge in [0.1, 0.15) is 6.34 Å². The van der Waals surface area contributed by atoms with E-state index in [1.54, 1.807) is 37.2 Å². The molecule has 2 rings (SSSR count). The molecule has 0 bridgehead atoms. The average Bonchev–Trinajstić information content (AvgIpc) is 2.54. The van der Waals surface area contributed by atoms with Crippen LogP contribution in [0.3, 0.4) is 0 Å². The van der Waals surface area contributed by atoms with Gasteiger partial charge < -0.3 is 10.0 Å². The molecule has 2 aromatic carbocycles. The van der Waals surface area contributed by atoms with Crippen molar-refractivity contribution in [1.29, 1.82) is 0 Å². The van der Waals surface area contributed by atoms with Crippen LogP contribution in [0.2, 0.25) is 0 Å². The Balaban J connectivity index is 2.22. The Hall–Kier alpha value is -2.18. The smallest absolute Gasteiger partial charge is 0.283 e. The van der Waals surface area contributed by atoms with E-state index in [9.17, 15) is 8.42 Å². The fraction of sp³-hybridized carbons (Fsp3) is 0.235. The molecule has 0 spiro atoms. The first-order chi connectivity index (χ1) is 10.9. The SMILES string of the molecule is CN(C)/C=N/S(=O)(=O)c1cccc(Cc2ccc(CO)cc2)c1. The Morgan fingerprint density at radius 3 is 2.30 bits per heavy atom. The average molecular weight is 332 g/mol. The number of benzene rings is 2. The summed E-state index contributed by atoms with van der Waals surface area (Å²) < 4.78 is 28.0. The Labute approximate surface area is 137 Å². The van der Waals surface area contributed by atoms with E-state index < -0.39 is 10.0 Å². The van der Waals surface area contributed by atoms with Crippen LogP contribution < -0.4 is 0 Å². The van der Waals surface area contributed by atoms with E-state index in [1.807, 2.05) is 30.3 Å². The summed E-state index contributed by atoms with van der Waals surface area (Å²) in [5.41, 5.74) is 2.79. The Morgan fingerprint density at radius 2 is 1.70 bits per heavy atom. The van der Waals surface area contributed by atoms with Crippen molar-refractivity contribution >= 4 is 16.4 Å². The highest BCUT2D eigenvalue weighted by Crippen LogP contribution is 2.17. The lowest BCUT2D eigenvalue weighted by molar-refractivity contribution is 0.282. The molecule has 0 atom stereocenters. The van der Waals surface area contributed by atoms with Crippen molar-refractivity contribution in [2.24, 2.45) is 4.40 Å². The van der Waals surface area contributed by atoms with Crippen LogP contribution in [-0.2, 0) is 23.1 Å². The molecule has 0 aliphatic heterocycles. The summed E-state index contributed by atoms with van der Waals surface area (Å²) in [6.07, 6.45) is 1.89. The highest BCUT2D eigenvalue weighted by atomic mass is 32.2. The topological polar surface area (TPSA) is 70.0 Å². The first-order valence-corrected chi connectivity index (χ1v) is 8.59. The van der Waals surface area contributed by atoms with Crippen LogP contribution in [0, 0.1) is 0 Å². The van der Waals surface area contributed by atoms with Gasteiger partial charge in [-0.2, -0.15) is 8.42 Å². The Bertz CT molecular complexity index is 782. The lowest BCUT2D eigenvalue weighted by atomic mass is 10.0. The van der Waals surface area contributed by atoms with Crippen molar-refractivity contribution < 1.29 is 13.5 Å². The quantitative estimate of drug-likeness (QED) is 0.649. The molecule has 0 heterocycles. The van der Waals surface area contributed by atoms with Gasteiger partial charge in [0.25, 0.3) is 10.0 Å². The van der Waals surface area contributed by atoms with Crippen LogP contribution >= 0.6 is 0 Å². The predicted octanol–water partition coefficient (Wildman–Crippen LogP) is 2.05. The summed E-state index contributed by atoms with van der Waals surface area (Å²) in [7, 11) is -0.259. The zero-order valence-corrected chi connectivity index (χ0v) is 14.0. The predicted molar refractivity (Wildman–Crippen MR) is 91.0 cm³/mol. The molecule has 2 aromatic rings. The molecule has 0 aliphatic rings. The van der Waals surface area contributed by atoms with Crippen molar-refractivity contribution in [2.45, 2.75) is 17.9 Å². The van der Waals surface area contributed by atoms with Gasteiger partial charge in [0.15, 0.2) is 0 Å². The maximum atomic E-state index is 12.2. The monoisotopic (exact) mass is 332 g/mol. The lowest BCUT2D eigenvalue weighted by Crippen LogP contribution is -2.10. The minimum absolute atomic E-state index is 0.0118. The summed E-state index contributed by atoms with van der Waals surface area (Å²) in [6.45, 7) is 0.0118. The van der Waals surface area contributed by atoms with Gasteiger partial charge in [0.2, 0.25) is 0 Å². The molecule has 0 saturated heterocycles. The second kappa shape index (κ2) is 7.39. The number of hydrogen-bond acceptors (Lipinski definition) is 3. The number of aliphatic hydroxyl groups is 1. The number of nitrogens with zero attached hydrogens (tertiary/aromatic N) is 2. The molecule has 0 aromatic heterocycles. The second-order valence-electron chi connectivity index (χ2n) is 5.46. The molecule has 0 saturated carbocycles. The number of sulfonamides is 1. The molecule has 122 valence electrons. The number of hydrogen-bond donors (Lipinski definition) is 1. The van der Waals surface area contributed by atoms with Gasteiger partial charge in [-0.25, -0.2) is 0 Å². The minimum Gasteiger partial charge on any atom is -0.392 e. The maximum absolute atomic E-state index is 12.2. The molecule has 5 nitrogen and oxygen atoms in total. The third-order valence-corrected chi connectivity index (χ3v) is 4.45. The lowest BCUT2D eigenvalue weighted by Gasteiger charge is -2.06. The van der Waals surface area contributed by atoms with Gasteiger partial charge in [-0.15, -0.1) is 4.40 Å². The third-order valence-electron chi connectivity index (χ3n) is 3.23. The zero-order valence-electron chi connectivity index (χ0n) is 13.2. The van der Waals surface area contributed by atoms with Gasteiger partial charge in [0, 0.05) is 14.1 Å². The van der Waals surface area contributed by atoms with Crippen molar-refractivity contribution in [3.63, 3.8) is 0 Å². The van der Waals surface area contributed by atoms with Crippen LogP contribution in [0.25, 0.3) is 0 Å². The van der Waals surface area contributed by atoms with E-state index in [1.165, 1.54) is 6.34 Å². The molecule has 1 N–H and O–H groups in total. The summed E-state index contributed by atoms with van der Waals surface area (Å²) in [5.74, 6) is 0. The first kappa shape index (κ1) is 17.2. The van der Waals surface area contributed by atoms with Crippen molar-refractivity contribution in [3.8, 4) is 0 Å². The molecule has 23 heavy (non-hydrogen) atoms. The van der Waals surface area contributed by atoms with Gasteiger partial charge in [-0.05, 0) is 35.2 Å². The first-order valence-electron chi connectivity index (χ1n) is 7.15. The third kappa shape index (κ3) is 4.91. The summed E-state index contributed by atoms with van der Waals surface area (Å²) in [6, 6.07) is 14.4. The molecular weight excluding hydrogens is 312 g/mol. The highest BCUT2D eigenvalue weighted by Gasteiger charge is 2.12. The highest BCUT2D eigenvalue weighted by molar-refractivity contribution is 7.90. The Kier molecular flexibility index (Phi) is 5.52. The zero-order chi connectivity index (χ0) is 16.9. The van der Waals surface area contributed by atoms with E-state index in [0.29, 0.717) is 6.42 Å². The van der Waals surface area contributed by atoms with Crippen molar-refractivity contribution in [2.75, 3.05) is 14.1 Å². The molecular formula is C17H20N2O3S. The molecule has 0 unspecified atom stereocenters. The molecule has 0 amide bonds. The molecule has 6 heteroatoms. The van der Waals surface area contributed by atoms with E-state index in [0.717, 1.165) is 16.7 Å². The summed E-state index contributed by atoms with van der Waals surface area (Å²) in [5, 5.41) is 9.05. The van der Waals surface area contributed by atoms with E-state index in [-0.39, 0.29) is 11.5 Å². The van der Waals surface area contributed by atoms with E-state index in [2.05, 4.69) is 4.40 Å². The molecule has 0 radical (unpaired) electrons. The van der Waals surface area contributed by atoms with Crippen LogP contribution in [-0.4, -0.2) is 38.9 Å². The van der Waals surface area contributed by atoms with E-state index >= 15 is 0 Å². The summed E-state index contributed by atoms with van der Waals surface area (Å²) >= 11 is 0. The normalized spacial score (nSPS) is 11.8. The van der Waals surface area contributed by atoms with Gasteiger partial charge >= 0.3 is 0 Å². The fourth-order valence-corrected chi connectivity index (χ4v) is 3.02. The van der Waals surface area contributed by atoms with Gasteiger partial charge in [-0.3, -0.25) is 0 Å². The van der Waals surface area contributed by atoms with Gasteiger partial charge in [0.05, 0.1) is 11.5 Å². The van der Waals surface area contributed by atoms with Crippen LogP contribution in [0.1, 0.15) is 16.7 Å². The Morgan fingerprint density at radius 1 is 1.04 bits per heavy atom. The fourth-order valence-electron chi connectivity index (χ4n) is 2.03. The van der Waals surface area contributed by atoms with Crippen LogP contribution in [0.5, 0.6) is 0 Å². The number of rotatable bonds is 6. The molecule has 0 aliphatic carbocycles. The molecule has 0 fully saturated rings. The number of aliphatic hydroxyl groups excluding tert-OH is 1. The van der Waals surface area contributed by atoms with E-state index in [4.69, 9.17) is 5.11 Å². The van der Waals surface area contributed by atoms with Crippen LogP contribution in [0.15, 0.2) is 57.8 Å². The second-order valence-corrected chi connectivity index (χ2v) is 7.09. The standard InChI is InChI=1S/C17H20N2O3S/c1-19(2)13-18-23(21,22)17-5-3-4-16(11-17)10-14-6-8-15(12-20)9-7-14/h3-9,11,13,20H,10,12H2,1-2H3/b18-13+. The maximum Gasteiger partial charge on any atom is 0.283 e. The minimum atomic E-state index is -3.69. The van der Waals surface area contributed by atoms with Crippen molar-refractivity contribution in [1.82, 2.24) is 4.90 Å². The van der Waals surface area contributed by atoms with Crippen molar-refractivity contribution in [3.05, 3.63) is 65.2 Å². The van der Waals surface area contributed by atoms with Gasteiger partial charge in [-0.1, -0.05) is 36.4 Å². The summed E-state index contributed by atoms with van der Waals surface area (Å²) in [4.78, 5) is 1.75. The van der Waals surface area contributed by atoms with Crippen LogP contribution in [0.4, 0.5) is 0 Å². The largest absolute Gasteiger partial charge is 0.392 e.